The summed E-state index contributed by atoms with van der Waals surface area (Å²) in [6.07, 6.45) is 6.02. The fourth-order valence-corrected chi connectivity index (χ4v) is 4.03. The number of aryl methyl sites for hydroxylation is 1. The molecule has 0 saturated carbocycles. The van der Waals surface area contributed by atoms with E-state index in [1.807, 2.05) is 30.3 Å². The van der Waals surface area contributed by atoms with Gasteiger partial charge in [0.15, 0.2) is 11.4 Å². The molecule has 3 aromatic rings. The first-order valence-electron chi connectivity index (χ1n) is 10.5. The highest BCUT2D eigenvalue weighted by Crippen LogP contribution is 2.26. The van der Waals surface area contributed by atoms with Crippen LogP contribution in [0, 0.1) is 12.8 Å². The van der Waals surface area contributed by atoms with Crippen molar-refractivity contribution >= 4 is 27.8 Å². The molecular weight excluding hydrogens is 474 g/mol. The molecule has 32 heavy (non-hydrogen) atoms. The second-order valence-electron chi connectivity index (χ2n) is 7.82. The molecule has 0 amide bonds. The van der Waals surface area contributed by atoms with Crippen molar-refractivity contribution in [2.45, 2.75) is 32.8 Å². The van der Waals surface area contributed by atoms with E-state index < -0.39 is 5.97 Å². The van der Waals surface area contributed by atoms with Gasteiger partial charge < -0.3 is 14.7 Å². The summed E-state index contributed by atoms with van der Waals surface area (Å²) < 4.78 is 6.66. The van der Waals surface area contributed by atoms with Gasteiger partial charge in [-0.3, -0.25) is 0 Å². The van der Waals surface area contributed by atoms with E-state index in [1.165, 1.54) is 0 Å². The number of anilines is 1. The van der Waals surface area contributed by atoms with E-state index in [2.05, 4.69) is 40.8 Å². The third kappa shape index (κ3) is 5.40. The molecule has 4 rings (SSSR count). The first-order chi connectivity index (χ1) is 15.5. The Balaban J connectivity index is 1.41. The van der Waals surface area contributed by atoms with Crippen molar-refractivity contribution in [3.05, 3.63) is 70.0 Å². The minimum absolute atomic E-state index is 0.0795. The monoisotopic (exact) mass is 497 g/mol. The summed E-state index contributed by atoms with van der Waals surface area (Å²) in [5, 5.41) is 9.70. The normalized spacial score (nSPS) is 14.4. The van der Waals surface area contributed by atoms with E-state index in [4.69, 9.17) is 4.74 Å². The molecule has 0 bridgehead atoms. The number of rotatable bonds is 7. The number of benzene rings is 1. The summed E-state index contributed by atoms with van der Waals surface area (Å²) in [5.74, 6) is 0.769. The van der Waals surface area contributed by atoms with E-state index >= 15 is 0 Å². The highest BCUT2D eigenvalue weighted by Gasteiger charge is 2.24. The molecule has 0 aliphatic carbocycles. The van der Waals surface area contributed by atoms with Gasteiger partial charge in [0.1, 0.15) is 12.4 Å². The molecule has 2 aromatic heterocycles. The predicted molar refractivity (Wildman–Crippen MR) is 123 cm³/mol. The van der Waals surface area contributed by atoms with Crippen molar-refractivity contribution in [3.8, 4) is 5.75 Å². The van der Waals surface area contributed by atoms with Crippen molar-refractivity contribution < 1.29 is 14.6 Å². The average molecular weight is 498 g/mol. The van der Waals surface area contributed by atoms with E-state index in [0.717, 1.165) is 41.9 Å². The van der Waals surface area contributed by atoms with Crippen LogP contribution in [0.2, 0.25) is 0 Å². The minimum Gasteiger partial charge on any atom is -0.484 e. The van der Waals surface area contributed by atoms with E-state index in [9.17, 15) is 9.90 Å². The number of piperidine rings is 1. The van der Waals surface area contributed by atoms with Crippen LogP contribution >= 0.6 is 15.9 Å². The molecule has 1 N–H and O–H groups in total. The number of nitrogens with zero attached hydrogens (tertiary/aromatic N) is 5. The maximum atomic E-state index is 11.9. The number of halogens is 1. The lowest BCUT2D eigenvalue weighted by Gasteiger charge is -2.31. The smallest absolute Gasteiger partial charge is 0.358 e. The van der Waals surface area contributed by atoms with Crippen molar-refractivity contribution in [1.29, 1.82) is 0 Å². The summed E-state index contributed by atoms with van der Waals surface area (Å²) in [6.45, 7) is 3.72. The fourth-order valence-electron chi connectivity index (χ4n) is 3.82. The molecule has 1 aliphatic heterocycles. The molecule has 1 aliphatic rings. The molecule has 1 aromatic carbocycles. The zero-order valence-electron chi connectivity index (χ0n) is 17.7. The highest BCUT2D eigenvalue weighted by molar-refractivity contribution is 9.10. The lowest BCUT2D eigenvalue weighted by Crippen LogP contribution is -2.35. The summed E-state index contributed by atoms with van der Waals surface area (Å²) in [5.41, 5.74) is 1.42. The van der Waals surface area contributed by atoms with Gasteiger partial charge in [0.05, 0.1) is 10.2 Å². The summed E-state index contributed by atoms with van der Waals surface area (Å²) in [6, 6.07) is 9.61. The van der Waals surface area contributed by atoms with Crippen molar-refractivity contribution in [2.24, 2.45) is 5.92 Å². The summed E-state index contributed by atoms with van der Waals surface area (Å²) >= 11 is 3.36. The standard InChI is InChI=1S/C23H24BrN5O3/c1-15-21(32-14-17-5-3-2-4-6-17)20(22(30)31)28-19(27-15)11-16-7-9-29(10-8-16)23-25-12-18(24)13-26-23/h2-6,12-13,16H,7-11,14H2,1H3,(H,30,31). The number of ether oxygens (including phenoxy) is 1. The minimum atomic E-state index is -1.11. The zero-order chi connectivity index (χ0) is 22.5. The predicted octanol–water partition coefficient (Wildman–Crippen LogP) is 4.07. The van der Waals surface area contributed by atoms with Gasteiger partial charge >= 0.3 is 5.97 Å². The van der Waals surface area contributed by atoms with Crippen LogP contribution in [0.15, 0.2) is 47.2 Å². The number of aromatic nitrogens is 4. The van der Waals surface area contributed by atoms with Gasteiger partial charge in [-0.25, -0.2) is 24.7 Å². The highest BCUT2D eigenvalue weighted by atomic mass is 79.9. The Hall–Kier alpha value is -3.07. The molecular formula is C23H24BrN5O3. The lowest BCUT2D eigenvalue weighted by atomic mass is 9.93. The molecule has 1 saturated heterocycles. The molecule has 8 nitrogen and oxygen atoms in total. The number of carboxylic acids is 1. The topological polar surface area (TPSA) is 101 Å². The molecule has 1 fully saturated rings. The van der Waals surface area contributed by atoms with Crippen LogP contribution in [-0.2, 0) is 13.0 Å². The molecule has 9 heteroatoms. The van der Waals surface area contributed by atoms with E-state index in [1.54, 1.807) is 19.3 Å². The third-order valence-electron chi connectivity index (χ3n) is 5.49. The van der Waals surface area contributed by atoms with Gasteiger partial charge in [0.25, 0.3) is 0 Å². The SMILES string of the molecule is Cc1nc(CC2CCN(c3ncc(Br)cn3)CC2)nc(C(=O)O)c1OCc1ccccc1. The van der Waals surface area contributed by atoms with Crippen LogP contribution in [0.1, 0.15) is 40.4 Å². The number of hydrogen-bond donors (Lipinski definition) is 1. The van der Waals surface area contributed by atoms with Gasteiger partial charge in [-0.15, -0.1) is 0 Å². The Kier molecular flexibility index (Phi) is 6.94. The number of carbonyl (C=O) groups is 1. The number of hydrogen-bond acceptors (Lipinski definition) is 7. The Bertz CT molecular complexity index is 1070. The summed E-state index contributed by atoms with van der Waals surface area (Å²) in [7, 11) is 0. The second kappa shape index (κ2) is 10.0. The molecule has 0 atom stereocenters. The van der Waals surface area contributed by atoms with Crippen LogP contribution in [0.4, 0.5) is 5.95 Å². The molecule has 0 spiro atoms. The first-order valence-corrected chi connectivity index (χ1v) is 11.3. The van der Waals surface area contributed by atoms with Crippen molar-refractivity contribution in [2.75, 3.05) is 18.0 Å². The first kappa shape index (κ1) is 22.1. The molecule has 3 heterocycles. The van der Waals surface area contributed by atoms with Crippen LogP contribution in [0.5, 0.6) is 5.75 Å². The van der Waals surface area contributed by atoms with Crippen LogP contribution in [0.25, 0.3) is 0 Å². The second-order valence-corrected chi connectivity index (χ2v) is 8.73. The van der Waals surface area contributed by atoms with Crippen LogP contribution in [0.3, 0.4) is 0 Å². The van der Waals surface area contributed by atoms with Gasteiger partial charge in [0, 0.05) is 31.9 Å². The quantitative estimate of drug-likeness (QED) is 0.520. The van der Waals surface area contributed by atoms with E-state index in [-0.39, 0.29) is 18.1 Å². The van der Waals surface area contributed by atoms with Gasteiger partial charge in [-0.05, 0) is 47.2 Å². The van der Waals surface area contributed by atoms with Gasteiger partial charge in [-0.2, -0.15) is 0 Å². The Morgan fingerprint density at radius 2 is 1.84 bits per heavy atom. The maximum absolute atomic E-state index is 11.9. The number of aromatic carboxylic acids is 1. The molecule has 0 unspecified atom stereocenters. The zero-order valence-corrected chi connectivity index (χ0v) is 19.3. The van der Waals surface area contributed by atoms with Crippen molar-refractivity contribution in [1.82, 2.24) is 19.9 Å². The van der Waals surface area contributed by atoms with Crippen LogP contribution < -0.4 is 9.64 Å². The largest absolute Gasteiger partial charge is 0.484 e. The average Bonchev–Trinajstić information content (AvgIpc) is 2.80. The fraction of sp³-hybridized carbons (Fsp3) is 0.348. The van der Waals surface area contributed by atoms with Gasteiger partial charge in [-0.1, -0.05) is 30.3 Å². The Morgan fingerprint density at radius 1 is 1.16 bits per heavy atom. The Morgan fingerprint density at radius 3 is 2.50 bits per heavy atom. The molecule has 0 radical (unpaired) electrons. The lowest BCUT2D eigenvalue weighted by molar-refractivity contribution is 0.0683. The molecule has 166 valence electrons. The Labute approximate surface area is 194 Å². The third-order valence-corrected chi connectivity index (χ3v) is 5.89. The van der Waals surface area contributed by atoms with Crippen molar-refractivity contribution in [3.63, 3.8) is 0 Å². The maximum Gasteiger partial charge on any atom is 0.358 e. The van der Waals surface area contributed by atoms with Gasteiger partial charge in [0.2, 0.25) is 5.95 Å². The van der Waals surface area contributed by atoms with Crippen LogP contribution in [-0.4, -0.2) is 44.1 Å². The number of carboxylic acid groups (broad SMARTS) is 1. The van der Waals surface area contributed by atoms with E-state index in [0.29, 0.717) is 23.9 Å². The summed E-state index contributed by atoms with van der Waals surface area (Å²) in [4.78, 5) is 31.7.